The molecule has 4 atom stereocenters. The Hall–Kier alpha value is -1.57. The van der Waals surface area contributed by atoms with Crippen LogP contribution in [0, 0.1) is 33.1 Å². The van der Waals surface area contributed by atoms with E-state index in [-0.39, 0.29) is 49.0 Å². The minimum absolute atomic E-state index is 0. The zero-order valence-electron chi connectivity index (χ0n) is 34.6. The maximum Gasteiger partial charge on any atom is 0.130 e. The van der Waals surface area contributed by atoms with Crippen LogP contribution in [0.2, 0.25) is 0 Å². The average molecular weight is 865 g/mol. The fraction of sp³-hybridized carbons (Fsp3) is 0.630. The molecule has 2 N–H and O–H groups in total. The summed E-state index contributed by atoms with van der Waals surface area (Å²) in [5.74, 6) is 4.17. The molecule has 291 valence electrons. The number of alkyl halides is 1. The van der Waals surface area contributed by atoms with Crippen molar-refractivity contribution in [3.8, 4) is 23.0 Å². The third kappa shape index (κ3) is 9.99. The van der Waals surface area contributed by atoms with Crippen LogP contribution in [0.15, 0.2) is 35.4 Å². The zero-order valence-corrected chi connectivity index (χ0v) is 38.2. The van der Waals surface area contributed by atoms with Gasteiger partial charge in [0.15, 0.2) is 0 Å². The number of hydrogen-bond donors (Lipinski definition) is 2. The maximum absolute atomic E-state index is 11.1. The van der Waals surface area contributed by atoms with Crippen LogP contribution in [0.4, 0.5) is 0 Å². The molecule has 6 heteroatoms. The molecule has 1 radical (unpaired) electrons. The zero-order chi connectivity index (χ0) is 37.0. The first-order valence-corrected chi connectivity index (χ1v) is 21.7. The van der Waals surface area contributed by atoms with Crippen molar-refractivity contribution in [1.29, 1.82) is 0 Å². The molecule has 0 aromatic heterocycles. The summed E-state index contributed by atoms with van der Waals surface area (Å²) >= 11 is 2.15. The molecule has 0 saturated carbocycles. The van der Waals surface area contributed by atoms with Gasteiger partial charge in [-0.2, -0.15) is 0 Å². The van der Waals surface area contributed by atoms with Crippen molar-refractivity contribution in [2.24, 2.45) is 11.8 Å². The Kier molecular flexibility index (Phi) is 17.8. The van der Waals surface area contributed by atoms with Crippen LogP contribution in [0.25, 0.3) is 0 Å². The van der Waals surface area contributed by atoms with E-state index in [2.05, 4.69) is 110 Å². The first kappa shape index (κ1) is 46.6. The Balaban J connectivity index is 0.000000332. The van der Waals surface area contributed by atoms with Crippen molar-refractivity contribution < 1.29 is 38.2 Å². The fourth-order valence-corrected chi connectivity index (χ4v) is 9.22. The average Bonchev–Trinajstić information content (AvgIpc) is 3.05. The summed E-state index contributed by atoms with van der Waals surface area (Å²) in [6, 6.07) is 4.13. The van der Waals surface area contributed by atoms with Gasteiger partial charge in [0.25, 0.3) is 0 Å². The Morgan fingerprint density at radius 3 is 1.75 bits per heavy atom. The maximum atomic E-state index is 11.1. The second-order valence-corrected chi connectivity index (χ2v) is 16.5. The van der Waals surface area contributed by atoms with E-state index in [9.17, 15) is 10.2 Å². The van der Waals surface area contributed by atoms with Gasteiger partial charge in [0.05, 0.1) is 0 Å². The molecule has 0 amide bonds. The van der Waals surface area contributed by atoms with Gasteiger partial charge in [-0.05, 0) is 146 Å². The van der Waals surface area contributed by atoms with E-state index in [0.29, 0.717) is 23.3 Å². The van der Waals surface area contributed by atoms with Crippen LogP contribution >= 0.6 is 22.6 Å². The molecule has 4 unspecified atom stereocenters. The van der Waals surface area contributed by atoms with Crippen LogP contribution < -0.4 is 9.47 Å². The molecule has 4 aliphatic rings. The Morgan fingerprint density at radius 2 is 1.21 bits per heavy atom. The molecule has 2 aromatic carbocycles. The van der Waals surface area contributed by atoms with Gasteiger partial charge in [-0.3, -0.25) is 0 Å². The summed E-state index contributed by atoms with van der Waals surface area (Å²) in [7, 11) is 0. The number of phenolic OH excluding ortho intramolecular Hbond substituents is 2. The molecule has 0 spiro atoms. The fourth-order valence-electron chi connectivity index (χ4n) is 9.22. The van der Waals surface area contributed by atoms with E-state index in [0.717, 1.165) is 66.7 Å². The quantitative estimate of drug-likeness (QED) is 0.0912. The number of ether oxygens (including phenoxy) is 2. The Bertz CT molecular complexity index is 1550. The van der Waals surface area contributed by atoms with Crippen LogP contribution in [0.1, 0.15) is 165 Å². The summed E-state index contributed by atoms with van der Waals surface area (Å²) in [4.78, 5) is 1.97. The number of aryl methyl sites for hydroxylation is 1. The number of fused-ring (bicyclic) bond motifs is 6. The molecule has 4 nitrogen and oxygen atoms in total. The number of halogens is 1. The van der Waals surface area contributed by atoms with E-state index in [1.54, 1.807) is 0 Å². The predicted octanol–water partition coefficient (Wildman–Crippen LogP) is 13.6. The van der Waals surface area contributed by atoms with Crippen LogP contribution in [-0.4, -0.2) is 26.3 Å². The molecule has 6 rings (SSSR count). The predicted molar refractivity (Wildman–Crippen MR) is 226 cm³/mol. The summed E-state index contributed by atoms with van der Waals surface area (Å²) < 4.78 is 12.9. The van der Waals surface area contributed by atoms with E-state index < -0.39 is 0 Å². The van der Waals surface area contributed by atoms with Crippen molar-refractivity contribution in [3.05, 3.63) is 76.2 Å². The molecule has 52 heavy (non-hydrogen) atoms. The van der Waals surface area contributed by atoms with E-state index >= 15 is 0 Å². The van der Waals surface area contributed by atoms with Crippen molar-refractivity contribution in [2.75, 3.05) is 4.93 Å². The number of hydrogen-bond acceptors (Lipinski definition) is 4. The number of aromatic hydroxyl groups is 2. The SMILES string of the molecule is CCCCCc1c(C)c(O)c2c(c1C)OC(C)(C)C1CCC(C)=CC21.CCCCCc1cc(O)c2c(c1)OC(C)(C)C1CCC(C)=CC21.CI.[CH3-].[V]. The smallest absolute Gasteiger partial charge is 0.130 e. The molecule has 2 aromatic rings. The van der Waals surface area contributed by atoms with Gasteiger partial charge in [0, 0.05) is 53.4 Å². The number of phenols is 2. The van der Waals surface area contributed by atoms with Crippen molar-refractivity contribution in [1.82, 2.24) is 0 Å². The van der Waals surface area contributed by atoms with Crippen LogP contribution in [-0.2, 0) is 31.4 Å². The monoisotopic (exact) mass is 864 g/mol. The molecule has 0 bridgehead atoms. The van der Waals surface area contributed by atoms with Gasteiger partial charge in [-0.1, -0.05) is 85.4 Å². The second kappa shape index (κ2) is 19.8. The largest absolute Gasteiger partial charge is 0.507 e. The van der Waals surface area contributed by atoms with Crippen molar-refractivity contribution in [2.45, 2.75) is 169 Å². The summed E-state index contributed by atoms with van der Waals surface area (Å²) in [6.45, 7) is 22.0. The molecular weight excluding hydrogens is 794 g/mol. The van der Waals surface area contributed by atoms with E-state index in [1.807, 2.05) is 11.0 Å². The van der Waals surface area contributed by atoms with Gasteiger partial charge >= 0.3 is 0 Å². The van der Waals surface area contributed by atoms with Crippen molar-refractivity contribution in [3.63, 3.8) is 0 Å². The minimum atomic E-state index is -0.192. The van der Waals surface area contributed by atoms with Gasteiger partial charge in [0.2, 0.25) is 0 Å². The van der Waals surface area contributed by atoms with E-state index in [4.69, 9.17) is 9.47 Å². The van der Waals surface area contributed by atoms with Gasteiger partial charge in [0.1, 0.15) is 34.2 Å². The molecule has 2 heterocycles. The number of allylic oxidation sites excluding steroid dienone is 4. The molecule has 2 aliphatic carbocycles. The first-order valence-electron chi connectivity index (χ1n) is 19.5. The van der Waals surface area contributed by atoms with Crippen LogP contribution in [0.5, 0.6) is 23.0 Å². The van der Waals surface area contributed by atoms with Crippen molar-refractivity contribution >= 4 is 22.6 Å². The normalized spacial score (nSPS) is 22.8. The second-order valence-electron chi connectivity index (χ2n) is 16.5. The molecule has 0 saturated heterocycles. The Labute approximate surface area is 344 Å². The Morgan fingerprint density at radius 1 is 0.712 bits per heavy atom. The third-order valence-electron chi connectivity index (χ3n) is 12.1. The van der Waals surface area contributed by atoms with Crippen LogP contribution in [0.3, 0.4) is 0 Å². The standard InChI is InChI=1S/C23H34O2.C21H30O2.CH3I.CH3.V/c1-7-8-9-10-17-15(3)21(24)20-18-13-14(2)11-12-19(18)23(5,6)25-22(20)16(17)4;1-5-6-7-8-15-12-18(22)20-16-11-14(2)9-10-17(16)21(3,4)23-19(20)13-15;1-2;;/h13,18-19,24H,7-12H2,1-6H3;11-13,16-17,22H,5-10H2,1-4H3;1H3;1H3;/q;;;-1;. The topological polar surface area (TPSA) is 58.9 Å². The number of rotatable bonds is 8. The van der Waals surface area contributed by atoms with Gasteiger partial charge < -0.3 is 27.1 Å². The number of benzene rings is 2. The van der Waals surface area contributed by atoms with E-state index in [1.165, 1.54) is 66.4 Å². The third-order valence-corrected chi connectivity index (χ3v) is 12.1. The summed E-state index contributed by atoms with van der Waals surface area (Å²) in [6.07, 6.45) is 18.6. The van der Waals surface area contributed by atoms with Gasteiger partial charge in [-0.15, -0.1) is 0 Å². The molecule has 2 aliphatic heterocycles. The molecule has 0 fully saturated rings. The first-order chi connectivity index (χ1) is 23.7. The summed E-state index contributed by atoms with van der Waals surface area (Å²) in [5, 5.41) is 21.8. The summed E-state index contributed by atoms with van der Waals surface area (Å²) in [5.41, 5.74) is 9.33. The minimum Gasteiger partial charge on any atom is -0.507 e. The number of unbranched alkanes of at least 4 members (excludes halogenated alkanes) is 4. The van der Waals surface area contributed by atoms with Gasteiger partial charge in [-0.25, -0.2) is 0 Å². The molecular formula is C46H70IO4V-.